The molecule has 0 aliphatic heterocycles. The first kappa shape index (κ1) is 17.4. The van der Waals surface area contributed by atoms with E-state index in [9.17, 15) is 13.2 Å². The van der Waals surface area contributed by atoms with Gasteiger partial charge in [-0.3, -0.25) is 0 Å². The van der Waals surface area contributed by atoms with Crippen LogP contribution in [0.15, 0.2) is 42.5 Å². The van der Waals surface area contributed by atoms with Crippen molar-refractivity contribution in [3.05, 3.63) is 52.9 Å². The average Bonchev–Trinajstić information content (AvgIpc) is 2.87. The summed E-state index contributed by atoms with van der Waals surface area (Å²) in [4.78, 5) is 1.08. The van der Waals surface area contributed by atoms with Gasteiger partial charge >= 0.3 is 138 Å². The predicted octanol–water partition coefficient (Wildman–Crippen LogP) is 5.33. The molecule has 0 fully saturated rings. The van der Waals surface area contributed by atoms with E-state index in [1.807, 2.05) is 25.1 Å². The Hall–Kier alpha value is -1.45. The molecule has 3 rings (SSSR count). The molecule has 1 atom stereocenters. The van der Waals surface area contributed by atoms with E-state index in [0.717, 1.165) is 49.2 Å². The Labute approximate surface area is 151 Å². The normalized spacial score (nSPS) is 11.9. The van der Waals surface area contributed by atoms with Crippen molar-refractivity contribution in [3.63, 3.8) is 0 Å². The molecular weight excluding hydrogens is 396 g/mol. The van der Waals surface area contributed by atoms with Crippen LogP contribution in [0.4, 0.5) is 13.2 Å². The Kier molecular flexibility index (Phi) is 4.93. The van der Waals surface area contributed by atoms with Gasteiger partial charge in [0, 0.05) is 0 Å². The van der Waals surface area contributed by atoms with Crippen molar-refractivity contribution in [1.29, 1.82) is 0 Å². The SMILES string of the molecule is Cc1sc2cc(OCC[AsH2])ccc2c1-c1ccc(C(F)(F)F)cc1. The third-order valence-corrected chi connectivity index (χ3v) is 5.29. The van der Waals surface area contributed by atoms with Crippen LogP contribution in [0.3, 0.4) is 0 Å². The molecule has 0 aliphatic rings. The van der Waals surface area contributed by atoms with Crippen LogP contribution in [0.1, 0.15) is 10.4 Å². The van der Waals surface area contributed by atoms with E-state index < -0.39 is 11.7 Å². The number of rotatable bonds is 4. The van der Waals surface area contributed by atoms with Gasteiger partial charge in [-0.15, -0.1) is 0 Å². The first-order chi connectivity index (χ1) is 11.4. The number of fused-ring (bicyclic) bond motifs is 1. The monoisotopic (exact) mass is 412 g/mol. The molecule has 1 aromatic heterocycles. The molecule has 1 nitrogen and oxygen atoms in total. The predicted molar refractivity (Wildman–Crippen MR) is 95.8 cm³/mol. The fraction of sp³-hybridized carbons (Fsp3) is 0.222. The number of alkyl halides is 3. The summed E-state index contributed by atoms with van der Waals surface area (Å²) < 4.78 is 44.9. The topological polar surface area (TPSA) is 9.23 Å². The van der Waals surface area contributed by atoms with Crippen LogP contribution in [0.2, 0.25) is 5.21 Å². The van der Waals surface area contributed by atoms with Gasteiger partial charge in [-0.2, -0.15) is 13.2 Å². The molecule has 0 spiro atoms. The number of ether oxygens (including phenoxy) is 1. The second kappa shape index (κ2) is 6.81. The maximum absolute atomic E-state index is 12.7. The zero-order valence-corrected chi connectivity index (χ0v) is 16.2. The summed E-state index contributed by atoms with van der Waals surface area (Å²) in [5.74, 6) is 0.834. The zero-order valence-electron chi connectivity index (χ0n) is 13.0. The summed E-state index contributed by atoms with van der Waals surface area (Å²) in [6, 6.07) is 11.3. The van der Waals surface area contributed by atoms with Crippen molar-refractivity contribution in [1.82, 2.24) is 0 Å². The molecule has 3 aromatic rings. The van der Waals surface area contributed by atoms with Crippen molar-refractivity contribution in [2.75, 3.05) is 6.61 Å². The molecule has 0 saturated heterocycles. The fourth-order valence-corrected chi connectivity index (χ4v) is 4.01. The van der Waals surface area contributed by atoms with Gasteiger partial charge in [-0.25, -0.2) is 0 Å². The second-order valence-corrected chi connectivity index (χ2v) is 7.87. The van der Waals surface area contributed by atoms with Gasteiger partial charge in [0.2, 0.25) is 0 Å². The Balaban J connectivity index is 2.01. The van der Waals surface area contributed by atoms with Gasteiger partial charge in [-0.05, 0) is 0 Å². The Bertz CT molecular complexity index is 853. The van der Waals surface area contributed by atoms with Gasteiger partial charge in [0.1, 0.15) is 0 Å². The number of halogens is 3. The molecule has 0 saturated carbocycles. The number of benzene rings is 2. The minimum atomic E-state index is -4.31. The fourth-order valence-electron chi connectivity index (χ4n) is 2.65. The van der Waals surface area contributed by atoms with Crippen LogP contribution < -0.4 is 4.74 Å². The van der Waals surface area contributed by atoms with Crippen molar-refractivity contribution in [3.8, 4) is 16.9 Å². The molecule has 2 aromatic carbocycles. The Morgan fingerprint density at radius 1 is 1.08 bits per heavy atom. The number of hydrogen-bond donors (Lipinski definition) is 0. The van der Waals surface area contributed by atoms with Gasteiger partial charge in [0.25, 0.3) is 0 Å². The van der Waals surface area contributed by atoms with Crippen LogP contribution in [0, 0.1) is 6.92 Å². The van der Waals surface area contributed by atoms with E-state index in [4.69, 9.17) is 4.74 Å². The van der Waals surface area contributed by atoms with E-state index in [0.29, 0.717) is 6.61 Å². The number of thiophene rings is 1. The number of aryl methyl sites for hydroxylation is 1. The van der Waals surface area contributed by atoms with Crippen molar-refractivity contribution in [2.45, 2.75) is 18.3 Å². The molecule has 0 N–H and O–H groups in total. The molecule has 0 aliphatic carbocycles. The zero-order chi connectivity index (χ0) is 17.3. The van der Waals surface area contributed by atoms with Gasteiger partial charge in [0.05, 0.1) is 0 Å². The molecule has 0 radical (unpaired) electrons. The first-order valence-corrected chi connectivity index (χ1v) is 9.97. The van der Waals surface area contributed by atoms with E-state index in [1.54, 1.807) is 40.3 Å². The third-order valence-electron chi connectivity index (χ3n) is 3.73. The Morgan fingerprint density at radius 2 is 1.79 bits per heavy atom. The summed E-state index contributed by atoms with van der Waals surface area (Å²) >= 11 is 3.26. The summed E-state index contributed by atoms with van der Waals surface area (Å²) in [6.07, 6.45) is -4.31. The van der Waals surface area contributed by atoms with Crippen molar-refractivity contribution in [2.24, 2.45) is 0 Å². The van der Waals surface area contributed by atoms with Crippen LogP contribution >= 0.6 is 11.3 Å². The average molecular weight is 412 g/mol. The molecule has 1 heterocycles. The van der Waals surface area contributed by atoms with Gasteiger partial charge in [0.15, 0.2) is 0 Å². The van der Waals surface area contributed by atoms with Gasteiger partial charge in [-0.1, -0.05) is 0 Å². The standard InChI is InChI=1S/C18H16AsF3OS/c1-11-17(12-2-4-13(5-3-12)18(20,21)22)15-7-6-14(23-9-8-19)10-16(15)24-11/h2-7,10H,8-9,19H2,1H3. The van der Waals surface area contributed by atoms with Crippen molar-refractivity contribution < 1.29 is 17.9 Å². The van der Waals surface area contributed by atoms with Crippen LogP contribution in [-0.4, -0.2) is 23.5 Å². The van der Waals surface area contributed by atoms with E-state index >= 15 is 0 Å². The quantitative estimate of drug-likeness (QED) is 0.527. The van der Waals surface area contributed by atoms with Crippen LogP contribution in [-0.2, 0) is 6.18 Å². The molecular formula is C18H16AsF3OS. The van der Waals surface area contributed by atoms with E-state index in [-0.39, 0.29) is 0 Å². The van der Waals surface area contributed by atoms with Crippen LogP contribution in [0.25, 0.3) is 21.2 Å². The second-order valence-electron chi connectivity index (χ2n) is 5.40. The van der Waals surface area contributed by atoms with E-state index in [1.165, 1.54) is 0 Å². The molecule has 1 unspecified atom stereocenters. The molecule has 0 bridgehead atoms. The molecule has 126 valence electrons. The summed E-state index contributed by atoms with van der Waals surface area (Å²) in [5, 5.41) is 2.05. The summed E-state index contributed by atoms with van der Waals surface area (Å²) in [6.45, 7) is 2.69. The molecule has 24 heavy (non-hydrogen) atoms. The summed E-state index contributed by atoms with van der Waals surface area (Å²) in [5.41, 5.74) is 1.17. The number of hydrogen-bond acceptors (Lipinski definition) is 2. The van der Waals surface area contributed by atoms with Crippen molar-refractivity contribution >= 4 is 38.3 Å². The Morgan fingerprint density at radius 3 is 2.42 bits per heavy atom. The van der Waals surface area contributed by atoms with Crippen LogP contribution in [0.5, 0.6) is 5.75 Å². The third kappa shape index (κ3) is 3.47. The molecule has 0 amide bonds. The maximum atomic E-state index is 12.7. The molecule has 6 heteroatoms. The van der Waals surface area contributed by atoms with E-state index in [2.05, 4.69) is 0 Å². The van der Waals surface area contributed by atoms with Gasteiger partial charge < -0.3 is 0 Å². The minimum absolute atomic E-state index is 0.625. The first-order valence-electron chi connectivity index (χ1n) is 7.44. The summed E-state index contributed by atoms with van der Waals surface area (Å²) in [7, 11) is 0.